The van der Waals surface area contributed by atoms with Crippen LogP contribution in [0.1, 0.15) is 163 Å². The lowest BCUT2D eigenvalue weighted by atomic mass is 9.91. The number of ketones is 1. The van der Waals surface area contributed by atoms with Crippen molar-refractivity contribution in [2.24, 2.45) is 47.3 Å². The van der Waals surface area contributed by atoms with E-state index in [-0.39, 0.29) is 62.2 Å². The van der Waals surface area contributed by atoms with Crippen LogP contribution in [0.2, 0.25) is 0 Å². The standard InChI is InChI=1S/C63H112N10O12/c1-25-27-28-41(15)54(76)53-57(79)65-44(26-2)59(81)67(18)34-50(75)68(19)46(30-36(5)6)56(78)66-51(39(11)12)62(84)69(20)45(29-35(3)4)49(74)33-42(16)55(77)64-43(17)58(80)70(21)47(31-37(7)8)60(82)71(22)48(32-38(9)10)61(83)72(23)52(40(13)14)63(85)73(53)24/h25,27,35-48,51-54,76H,26,28-34H2,1-24H3,(H,64,77)(H,65,79)(H,66,78)/b27-25+/t41-,42-,43-,44+,45+,46+,47+,48+,51+,52+,53+,54-/m1/s1. The quantitative estimate of drug-likeness (QED) is 0.167. The highest BCUT2D eigenvalue weighted by Gasteiger charge is 2.45. The highest BCUT2D eigenvalue weighted by atomic mass is 16.3. The number of hydrogen-bond acceptors (Lipinski definition) is 12. The summed E-state index contributed by atoms with van der Waals surface area (Å²) in [7, 11) is 10.0. The number of carbonyl (C=O) groups is 11. The minimum Gasteiger partial charge on any atom is -0.390 e. The SMILES string of the molecule is C/C=C/C[C@@H](C)[C@@H](O)[C@H]1C(=O)N[C@@H](CC)C(=O)N(C)CC(=O)N(C)[C@@H](CC(C)C)C(=O)N[C@@H](C(C)C)C(=O)N(C)[C@@H](CC(C)C)C(=O)C[C@@H](C)C(=O)N[C@H](C)C(=O)N(C)[C@@H](CC(C)C)C(=O)N(C)[C@@H](CC(C)C)C(=O)N(C)[C@@H](C(C)C)C(=O)N1C. The summed E-state index contributed by atoms with van der Waals surface area (Å²) in [6.45, 7) is 29.6. The van der Waals surface area contributed by atoms with E-state index in [1.165, 1.54) is 80.8 Å². The van der Waals surface area contributed by atoms with Gasteiger partial charge in [-0.2, -0.15) is 0 Å². The summed E-state index contributed by atoms with van der Waals surface area (Å²) in [6.07, 6.45) is 2.84. The molecule has 22 nitrogen and oxygen atoms in total. The number of aliphatic hydroxyl groups excluding tert-OH is 1. The van der Waals surface area contributed by atoms with Crippen molar-refractivity contribution < 1.29 is 57.8 Å². The van der Waals surface area contributed by atoms with E-state index in [2.05, 4.69) is 16.0 Å². The summed E-state index contributed by atoms with van der Waals surface area (Å²) in [6, 6.07) is -10.9. The molecule has 0 aliphatic carbocycles. The Labute approximate surface area is 509 Å². The molecule has 0 aromatic carbocycles. The van der Waals surface area contributed by atoms with Gasteiger partial charge in [0, 0.05) is 61.7 Å². The van der Waals surface area contributed by atoms with E-state index < -0.39 is 156 Å². The number of nitrogens with one attached hydrogen (secondary N) is 3. The first-order valence-corrected chi connectivity index (χ1v) is 30.8. The number of Topliss-reactive ketones (excluding diaryl/α,β-unsaturated/α-hetero) is 1. The zero-order chi connectivity index (χ0) is 66.0. The van der Waals surface area contributed by atoms with Gasteiger partial charge in [0.25, 0.3) is 0 Å². The third kappa shape index (κ3) is 21.8. The van der Waals surface area contributed by atoms with Crippen molar-refractivity contribution >= 4 is 64.9 Å². The van der Waals surface area contributed by atoms with Crippen LogP contribution in [0.25, 0.3) is 0 Å². The number of nitrogens with zero attached hydrogens (tertiary/aromatic N) is 7. The highest BCUT2D eigenvalue weighted by Crippen LogP contribution is 2.26. The van der Waals surface area contributed by atoms with Gasteiger partial charge in [0.1, 0.15) is 48.3 Å². The molecule has 1 rings (SSSR count). The molecule has 0 spiro atoms. The Morgan fingerprint density at radius 3 is 1.40 bits per heavy atom. The molecule has 1 aliphatic rings. The Balaban J connectivity index is 4.32. The first kappa shape index (κ1) is 77.1. The van der Waals surface area contributed by atoms with Crippen LogP contribution in [-0.4, -0.2) is 221 Å². The van der Waals surface area contributed by atoms with Gasteiger partial charge in [-0.3, -0.25) is 52.7 Å². The molecule has 0 aromatic rings. The van der Waals surface area contributed by atoms with Crippen LogP contribution in [0.15, 0.2) is 12.2 Å². The average Bonchev–Trinajstić information content (AvgIpc) is 3.62. The maximum atomic E-state index is 15.1. The predicted octanol–water partition coefficient (Wildman–Crippen LogP) is 4.36. The lowest BCUT2D eigenvalue weighted by Gasteiger charge is -2.41. The minimum atomic E-state index is -1.61. The number of likely N-dealkylation sites (N-methyl/N-ethyl adjacent to an activating group) is 7. The van der Waals surface area contributed by atoms with Crippen LogP contribution in [0.5, 0.6) is 0 Å². The van der Waals surface area contributed by atoms with Crippen LogP contribution >= 0.6 is 0 Å². The monoisotopic (exact) mass is 1200 g/mol. The number of allylic oxidation sites excluding steroid dienone is 2. The van der Waals surface area contributed by atoms with E-state index in [9.17, 15) is 48.3 Å². The lowest BCUT2D eigenvalue weighted by Crippen LogP contribution is -2.63. The summed E-state index contributed by atoms with van der Waals surface area (Å²) >= 11 is 0. The fourth-order valence-corrected chi connectivity index (χ4v) is 10.9. The van der Waals surface area contributed by atoms with Crippen LogP contribution < -0.4 is 16.0 Å². The maximum Gasteiger partial charge on any atom is 0.246 e. The van der Waals surface area contributed by atoms with Crippen molar-refractivity contribution in [3.63, 3.8) is 0 Å². The zero-order valence-corrected chi connectivity index (χ0v) is 56.3. The van der Waals surface area contributed by atoms with Gasteiger partial charge in [-0.25, -0.2) is 0 Å². The summed E-state index contributed by atoms with van der Waals surface area (Å²) in [5.41, 5.74) is 0. The lowest BCUT2D eigenvalue weighted by molar-refractivity contribution is -0.157. The Kier molecular flexibility index (Phi) is 31.8. The van der Waals surface area contributed by atoms with Crippen molar-refractivity contribution in [3.05, 3.63) is 12.2 Å². The summed E-state index contributed by atoms with van der Waals surface area (Å²) in [4.78, 5) is 169. The van der Waals surface area contributed by atoms with E-state index in [1.807, 2.05) is 61.5 Å². The Bertz CT molecular complexity index is 2320. The number of hydrogen-bond donors (Lipinski definition) is 4. The number of rotatable bonds is 15. The molecule has 1 heterocycles. The summed E-state index contributed by atoms with van der Waals surface area (Å²) < 4.78 is 0. The van der Waals surface area contributed by atoms with Crippen LogP contribution in [-0.2, 0) is 52.7 Å². The van der Waals surface area contributed by atoms with E-state index in [1.54, 1.807) is 61.5 Å². The second-order valence-corrected chi connectivity index (χ2v) is 26.4. The van der Waals surface area contributed by atoms with Crippen LogP contribution in [0, 0.1) is 47.3 Å². The highest BCUT2D eigenvalue weighted by molar-refractivity contribution is 5.99. The normalized spacial score (nSPS) is 27.0. The Hall–Kier alpha value is -5.93. The fourth-order valence-electron chi connectivity index (χ4n) is 10.9. The van der Waals surface area contributed by atoms with Gasteiger partial charge in [0.05, 0.1) is 18.7 Å². The largest absolute Gasteiger partial charge is 0.390 e. The molecule has 1 saturated heterocycles. The second kappa shape index (κ2) is 35.0. The number of aliphatic hydroxyl groups is 1. The molecule has 12 atom stereocenters. The minimum absolute atomic E-state index is 0.0268. The molecule has 4 N–H and O–H groups in total. The molecule has 1 aliphatic heterocycles. The van der Waals surface area contributed by atoms with E-state index in [4.69, 9.17) is 0 Å². The molecular weight excluding hydrogens is 1090 g/mol. The first-order valence-electron chi connectivity index (χ1n) is 30.8. The predicted molar refractivity (Wildman–Crippen MR) is 330 cm³/mol. The fraction of sp³-hybridized carbons (Fsp3) is 0.794. The molecule has 0 unspecified atom stereocenters. The average molecular weight is 1200 g/mol. The van der Waals surface area contributed by atoms with Gasteiger partial charge in [-0.05, 0) is 93.8 Å². The first-order chi connectivity index (χ1) is 39.2. The van der Waals surface area contributed by atoms with Gasteiger partial charge in [-0.1, -0.05) is 116 Å². The molecule has 0 aromatic heterocycles. The Morgan fingerprint density at radius 2 is 0.941 bits per heavy atom. The summed E-state index contributed by atoms with van der Waals surface area (Å²) in [5.74, 6) is -10.1. The van der Waals surface area contributed by atoms with Gasteiger partial charge >= 0.3 is 0 Å². The van der Waals surface area contributed by atoms with E-state index in [0.717, 1.165) is 9.80 Å². The summed E-state index contributed by atoms with van der Waals surface area (Å²) in [5, 5.41) is 20.4. The Morgan fingerprint density at radius 1 is 0.494 bits per heavy atom. The second-order valence-electron chi connectivity index (χ2n) is 26.4. The number of amides is 10. The maximum absolute atomic E-state index is 15.1. The van der Waals surface area contributed by atoms with Crippen molar-refractivity contribution in [1.29, 1.82) is 0 Å². The molecule has 1 fully saturated rings. The zero-order valence-electron chi connectivity index (χ0n) is 56.3. The molecule has 22 heteroatoms. The molecule has 486 valence electrons. The third-order valence-corrected chi connectivity index (χ3v) is 16.3. The van der Waals surface area contributed by atoms with Crippen LogP contribution in [0.3, 0.4) is 0 Å². The number of carbonyl (C=O) groups excluding carboxylic acids is 11. The van der Waals surface area contributed by atoms with E-state index in [0.29, 0.717) is 6.42 Å². The van der Waals surface area contributed by atoms with Crippen molar-refractivity contribution in [1.82, 2.24) is 50.2 Å². The molecule has 0 bridgehead atoms. The third-order valence-electron chi connectivity index (χ3n) is 16.3. The topological polar surface area (TPSA) is 267 Å². The smallest absolute Gasteiger partial charge is 0.246 e. The van der Waals surface area contributed by atoms with Crippen molar-refractivity contribution in [2.75, 3.05) is 55.9 Å². The van der Waals surface area contributed by atoms with Gasteiger partial charge in [0.2, 0.25) is 59.1 Å². The van der Waals surface area contributed by atoms with E-state index >= 15 is 9.59 Å². The molecule has 85 heavy (non-hydrogen) atoms. The van der Waals surface area contributed by atoms with Crippen molar-refractivity contribution in [2.45, 2.75) is 223 Å². The van der Waals surface area contributed by atoms with Crippen LogP contribution in [0.4, 0.5) is 0 Å². The van der Waals surface area contributed by atoms with Gasteiger partial charge in [0.15, 0.2) is 5.78 Å². The molecule has 0 radical (unpaired) electrons. The van der Waals surface area contributed by atoms with Crippen molar-refractivity contribution in [3.8, 4) is 0 Å². The van der Waals surface area contributed by atoms with Gasteiger partial charge < -0.3 is 55.4 Å². The molecule has 0 saturated carbocycles. The van der Waals surface area contributed by atoms with Gasteiger partial charge in [-0.15, -0.1) is 0 Å². The molecule has 10 amide bonds. The molecular formula is C63H112N10O12.